The highest BCUT2D eigenvalue weighted by Crippen LogP contribution is 2.21. The molecule has 5 heteroatoms. The number of hydrogen-bond donors (Lipinski definition) is 1. The average Bonchev–Trinajstić information content (AvgIpc) is 2.42. The zero-order valence-corrected chi connectivity index (χ0v) is 13.5. The second kappa shape index (κ2) is 8.19. The molecular weight excluding hydrogens is 272 g/mol. The van der Waals surface area contributed by atoms with E-state index in [1.807, 2.05) is 18.2 Å². The van der Waals surface area contributed by atoms with Crippen molar-refractivity contribution in [2.24, 2.45) is 5.73 Å². The van der Waals surface area contributed by atoms with Gasteiger partial charge in [-0.15, -0.1) is 0 Å². The summed E-state index contributed by atoms with van der Waals surface area (Å²) in [5, 5.41) is 0. The SMILES string of the molecule is COCCN(Cc1ccc(C(N)=S)c(OC)c1)C(C)C. The van der Waals surface area contributed by atoms with E-state index < -0.39 is 0 Å². The normalized spacial score (nSPS) is 11.1. The van der Waals surface area contributed by atoms with Gasteiger partial charge >= 0.3 is 0 Å². The van der Waals surface area contributed by atoms with Gasteiger partial charge in [-0.1, -0.05) is 18.3 Å². The van der Waals surface area contributed by atoms with E-state index >= 15 is 0 Å². The molecule has 0 fully saturated rings. The number of nitrogens with zero attached hydrogens (tertiary/aromatic N) is 1. The Bertz CT molecular complexity index is 449. The number of hydrogen-bond acceptors (Lipinski definition) is 4. The third-order valence-corrected chi connectivity index (χ3v) is 3.45. The number of rotatable bonds is 8. The Balaban J connectivity index is 2.87. The van der Waals surface area contributed by atoms with Gasteiger partial charge < -0.3 is 15.2 Å². The molecule has 0 unspecified atom stereocenters. The van der Waals surface area contributed by atoms with Crippen LogP contribution in [0.1, 0.15) is 25.0 Å². The van der Waals surface area contributed by atoms with Gasteiger partial charge in [0.25, 0.3) is 0 Å². The highest BCUT2D eigenvalue weighted by Gasteiger charge is 2.12. The lowest BCUT2D eigenvalue weighted by Gasteiger charge is -2.26. The molecule has 1 aromatic rings. The molecule has 112 valence electrons. The lowest BCUT2D eigenvalue weighted by molar-refractivity contribution is 0.125. The Kier molecular flexibility index (Phi) is 6.91. The van der Waals surface area contributed by atoms with Gasteiger partial charge in [0, 0.05) is 26.2 Å². The van der Waals surface area contributed by atoms with E-state index in [0.717, 1.165) is 31.0 Å². The Morgan fingerprint density at radius 1 is 1.35 bits per heavy atom. The summed E-state index contributed by atoms with van der Waals surface area (Å²) in [7, 11) is 3.35. The third kappa shape index (κ3) is 4.74. The van der Waals surface area contributed by atoms with Gasteiger partial charge in [-0.2, -0.15) is 0 Å². The molecule has 0 radical (unpaired) electrons. The predicted molar refractivity (Wildman–Crippen MR) is 86.3 cm³/mol. The molecule has 0 aromatic heterocycles. The molecule has 20 heavy (non-hydrogen) atoms. The molecule has 4 nitrogen and oxygen atoms in total. The topological polar surface area (TPSA) is 47.7 Å². The van der Waals surface area contributed by atoms with E-state index in [2.05, 4.69) is 18.7 Å². The van der Waals surface area contributed by atoms with Crippen molar-refractivity contribution < 1.29 is 9.47 Å². The highest BCUT2D eigenvalue weighted by molar-refractivity contribution is 7.80. The van der Waals surface area contributed by atoms with Crippen LogP contribution < -0.4 is 10.5 Å². The molecule has 0 aliphatic heterocycles. The van der Waals surface area contributed by atoms with Crippen LogP contribution >= 0.6 is 12.2 Å². The Hall–Kier alpha value is -1.17. The lowest BCUT2D eigenvalue weighted by Crippen LogP contribution is -2.33. The van der Waals surface area contributed by atoms with E-state index in [4.69, 9.17) is 27.4 Å². The molecule has 2 N–H and O–H groups in total. The van der Waals surface area contributed by atoms with Crippen LogP contribution in [-0.4, -0.2) is 43.3 Å². The molecule has 0 atom stereocenters. The van der Waals surface area contributed by atoms with Gasteiger partial charge in [-0.05, 0) is 31.5 Å². The first-order valence-corrected chi connectivity index (χ1v) is 7.10. The predicted octanol–water partition coefficient (Wildman–Crippen LogP) is 2.19. The van der Waals surface area contributed by atoms with Gasteiger partial charge in [0.15, 0.2) is 0 Å². The monoisotopic (exact) mass is 296 g/mol. The molecule has 0 saturated heterocycles. The molecular formula is C15H24N2O2S. The van der Waals surface area contributed by atoms with Crippen molar-refractivity contribution >= 4 is 17.2 Å². The molecule has 0 saturated carbocycles. The van der Waals surface area contributed by atoms with Crippen LogP contribution in [-0.2, 0) is 11.3 Å². The van der Waals surface area contributed by atoms with Crippen molar-refractivity contribution in [1.29, 1.82) is 0 Å². The smallest absolute Gasteiger partial charge is 0.129 e. The second-order valence-corrected chi connectivity index (χ2v) is 5.40. The average molecular weight is 296 g/mol. The fourth-order valence-electron chi connectivity index (χ4n) is 2.00. The van der Waals surface area contributed by atoms with Crippen LogP contribution in [0.15, 0.2) is 18.2 Å². The molecule has 1 aromatic carbocycles. The van der Waals surface area contributed by atoms with Crippen LogP contribution in [0.3, 0.4) is 0 Å². The highest BCUT2D eigenvalue weighted by atomic mass is 32.1. The summed E-state index contributed by atoms with van der Waals surface area (Å²) in [4.78, 5) is 2.70. The quantitative estimate of drug-likeness (QED) is 0.745. The summed E-state index contributed by atoms with van der Waals surface area (Å²) in [5.74, 6) is 0.727. The molecule has 0 spiro atoms. The molecule has 0 heterocycles. The van der Waals surface area contributed by atoms with Gasteiger partial charge in [-0.25, -0.2) is 0 Å². The maximum Gasteiger partial charge on any atom is 0.129 e. The molecule has 0 bridgehead atoms. The second-order valence-electron chi connectivity index (χ2n) is 4.96. The zero-order chi connectivity index (χ0) is 15.1. The van der Waals surface area contributed by atoms with Gasteiger partial charge in [0.2, 0.25) is 0 Å². The summed E-state index contributed by atoms with van der Waals surface area (Å²) in [6.45, 7) is 6.81. The zero-order valence-electron chi connectivity index (χ0n) is 12.7. The fraction of sp³-hybridized carbons (Fsp3) is 0.533. The summed E-state index contributed by atoms with van der Waals surface area (Å²) in [5.41, 5.74) is 7.63. The largest absolute Gasteiger partial charge is 0.496 e. The number of thiocarbonyl (C=S) groups is 1. The van der Waals surface area contributed by atoms with E-state index in [1.54, 1.807) is 14.2 Å². The number of nitrogens with two attached hydrogens (primary N) is 1. The minimum atomic E-state index is 0.355. The van der Waals surface area contributed by atoms with E-state index in [1.165, 1.54) is 5.56 Å². The van der Waals surface area contributed by atoms with Crippen molar-refractivity contribution in [2.45, 2.75) is 26.4 Å². The van der Waals surface area contributed by atoms with Gasteiger partial charge in [0.05, 0.1) is 19.3 Å². The summed E-state index contributed by atoms with van der Waals surface area (Å²) < 4.78 is 10.5. The van der Waals surface area contributed by atoms with E-state index in [0.29, 0.717) is 11.0 Å². The van der Waals surface area contributed by atoms with Gasteiger partial charge in [0.1, 0.15) is 10.7 Å². The molecule has 0 amide bonds. The van der Waals surface area contributed by atoms with Crippen LogP contribution in [0.2, 0.25) is 0 Å². The van der Waals surface area contributed by atoms with Crippen LogP contribution in [0.4, 0.5) is 0 Å². The molecule has 0 aliphatic carbocycles. The van der Waals surface area contributed by atoms with Crippen molar-refractivity contribution in [2.75, 3.05) is 27.4 Å². The third-order valence-electron chi connectivity index (χ3n) is 3.23. The van der Waals surface area contributed by atoms with Crippen molar-refractivity contribution in [1.82, 2.24) is 4.90 Å². The minimum absolute atomic E-state index is 0.355. The Morgan fingerprint density at radius 3 is 2.55 bits per heavy atom. The Labute approximate surface area is 126 Å². The first-order valence-electron chi connectivity index (χ1n) is 6.69. The molecule has 0 aliphatic rings. The van der Waals surface area contributed by atoms with Crippen LogP contribution in [0.5, 0.6) is 5.75 Å². The summed E-state index contributed by atoms with van der Waals surface area (Å²) >= 11 is 5.02. The van der Waals surface area contributed by atoms with Crippen molar-refractivity contribution in [3.05, 3.63) is 29.3 Å². The first kappa shape index (κ1) is 16.9. The fourth-order valence-corrected chi connectivity index (χ4v) is 2.17. The summed E-state index contributed by atoms with van der Waals surface area (Å²) in [6, 6.07) is 6.41. The van der Waals surface area contributed by atoms with Crippen molar-refractivity contribution in [3.8, 4) is 5.75 Å². The van der Waals surface area contributed by atoms with E-state index in [-0.39, 0.29) is 0 Å². The lowest BCUT2D eigenvalue weighted by atomic mass is 10.1. The first-order chi connectivity index (χ1) is 9.49. The standard InChI is InChI=1S/C15H24N2O2S/c1-11(2)17(7-8-18-3)10-12-5-6-13(15(16)20)14(9-12)19-4/h5-6,9,11H,7-8,10H2,1-4H3,(H2,16,20). The number of benzene rings is 1. The minimum Gasteiger partial charge on any atom is -0.496 e. The van der Waals surface area contributed by atoms with Crippen LogP contribution in [0.25, 0.3) is 0 Å². The number of methoxy groups -OCH3 is 2. The van der Waals surface area contributed by atoms with Crippen molar-refractivity contribution in [3.63, 3.8) is 0 Å². The number of ether oxygens (including phenoxy) is 2. The van der Waals surface area contributed by atoms with Crippen LogP contribution in [0, 0.1) is 0 Å². The molecule has 1 rings (SSSR count). The van der Waals surface area contributed by atoms with E-state index in [9.17, 15) is 0 Å². The maximum absolute atomic E-state index is 5.68. The maximum atomic E-state index is 5.68. The van der Waals surface area contributed by atoms with Gasteiger partial charge in [-0.3, -0.25) is 4.90 Å². The Morgan fingerprint density at radius 2 is 2.05 bits per heavy atom. The summed E-state index contributed by atoms with van der Waals surface area (Å²) in [6.07, 6.45) is 0.